The molecule has 1 saturated heterocycles. The molecule has 0 spiro atoms. The fourth-order valence-electron chi connectivity index (χ4n) is 3.32. The highest BCUT2D eigenvalue weighted by Crippen LogP contribution is 2.38. The minimum Gasteiger partial charge on any atom is -0.345 e. The molecule has 1 amide bonds. The van der Waals surface area contributed by atoms with E-state index in [1.807, 2.05) is 23.1 Å². The van der Waals surface area contributed by atoms with E-state index in [2.05, 4.69) is 5.32 Å². The second-order valence-corrected chi connectivity index (χ2v) is 9.10. The highest BCUT2D eigenvalue weighted by Gasteiger charge is 2.27. The summed E-state index contributed by atoms with van der Waals surface area (Å²) in [6.45, 7) is 2.09. The topological polar surface area (TPSA) is 78.7 Å². The number of nitro benzene ring substituents is 1. The molecule has 3 aromatic rings. The van der Waals surface area contributed by atoms with Crippen molar-refractivity contribution in [1.29, 1.82) is 0 Å². The normalized spacial score (nSPS) is 14.0. The number of carbonyl (C=O) groups excluding carboxylic acids is 1. The molecular weight excluding hydrogens is 479 g/mol. The molecule has 4 rings (SSSR count). The van der Waals surface area contributed by atoms with Gasteiger partial charge in [0.05, 0.1) is 20.7 Å². The van der Waals surface area contributed by atoms with Gasteiger partial charge >= 0.3 is 0 Å². The molecule has 1 aromatic heterocycles. The van der Waals surface area contributed by atoms with Gasteiger partial charge in [0.25, 0.3) is 11.6 Å². The number of amides is 1. The molecule has 0 unspecified atom stereocenters. The predicted octanol–water partition coefficient (Wildman–Crippen LogP) is 5.27. The van der Waals surface area contributed by atoms with E-state index in [0.717, 1.165) is 5.69 Å². The van der Waals surface area contributed by atoms with E-state index in [-0.39, 0.29) is 11.6 Å². The first-order valence-electron chi connectivity index (χ1n) is 9.31. The third-order valence-electron chi connectivity index (χ3n) is 4.99. The minimum atomic E-state index is -0.465. The minimum absolute atomic E-state index is 0.0300. The summed E-state index contributed by atoms with van der Waals surface area (Å²) in [6, 6.07) is 11.8. The molecule has 0 saturated carbocycles. The number of benzene rings is 2. The number of carbonyl (C=O) groups is 1. The Hall–Kier alpha value is -2.46. The van der Waals surface area contributed by atoms with Crippen LogP contribution in [0.5, 0.6) is 0 Å². The fraction of sp³-hybridized carbons (Fsp3) is 0.200. The number of hydrogen-bond donors (Lipinski definition) is 1. The van der Waals surface area contributed by atoms with Crippen LogP contribution >= 0.6 is 46.8 Å². The molecule has 1 fully saturated rings. The number of thiophene rings is 1. The van der Waals surface area contributed by atoms with Gasteiger partial charge in [0.1, 0.15) is 4.88 Å². The fourth-order valence-corrected chi connectivity index (χ4v) is 5.31. The molecular formula is C20H16Cl2N4O3S2. The molecule has 2 heterocycles. The Balaban J connectivity index is 1.43. The van der Waals surface area contributed by atoms with Crippen molar-refractivity contribution in [3.63, 3.8) is 0 Å². The number of anilines is 1. The Bertz CT molecular complexity index is 1190. The number of thiocarbonyl (C=S) groups is 1. The van der Waals surface area contributed by atoms with Gasteiger partial charge in [-0.15, -0.1) is 11.3 Å². The van der Waals surface area contributed by atoms with E-state index >= 15 is 0 Å². The van der Waals surface area contributed by atoms with Crippen molar-refractivity contribution in [3.05, 3.63) is 67.5 Å². The van der Waals surface area contributed by atoms with Crippen LogP contribution in [0, 0.1) is 10.1 Å². The van der Waals surface area contributed by atoms with Crippen LogP contribution in [0.4, 0.5) is 11.4 Å². The summed E-state index contributed by atoms with van der Waals surface area (Å²) in [7, 11) is 0. The zero-order valence-corrected chi connectivity index (χ0v) is 19.2. The largest absolute Gasteiger partial charge is 0.345 e. The van der Waals surface area contributed by atoms with Gasteiger partial charge in [-0.05, 0) is 30.4 Å². The third kappa shape index (κ3) is 4.45. The van der Waals surface area contributed by atoms with Crippen molar-refractivity contribution in [1.82, 2.24) is 9.80 Å². The lowest BCUT2D eigenvalue weighted by atomic mass is 10.2. The Morgan fingerprint density at radius 1 is 1.10 bits per heavy atom. The molecule has 1 N–H and O–H groups in total. The van der Waals surface area contributed by atoms with Gasteiger partial charge in [-0.1, -0.05) is 35.3 Å². The highest BCUT2D eigenvalue weighted by molar-refractivity contribution is 7.80. The monoisotopic (exact) mass is 494 g/mol. The second kappa shape index (κ2) is 8.96. The van der Waals surface area contributed by atoms with Crippen molar-refractivity contribution >= 4 is 79.2 Å². The van der Waals surface area contributed by atoms with Crippen LogP contribution < -0.4 is 5.32 Å². The van der Waals surface area contributed by atoms with Crippen LogP contribution in [-0.4, -0.2) is 51.9 Å². The number of rotatable bonds is 3. The summed E-state index contributed by atoms with van der Waals surface area (Å²) in [6.07, 6.45) is 0. The van der Waals surface area contributed by atoms with Crippen molar-refractivity contribution in [2.75, 3.05) is 31.5 Å². The smallest absolute Gasteiger partial charge is 0.270 e. The Kier molecular flexibility index (Phi) is 6.29. The average Bonchev–Trinajstić information content (AvgIpc) is 3.10. The molecule has 0 radical (unpaired) electrons. The SMILES string of the molecule is O=C(c1sc2cc([N+](=O)[O-])ccc2c1Cl)N1CCN(C(=S)Nc2ccccc2Cl)CC1. The number of nitro groups is 1. The number of para-hydroxylation sites is 1. The third-order valence-corrected chi connectivity index (χ3v) is 7.32. The number of halogens is 2. The van der Waals surface area contributed by atoms with E-state index in [1.54, 1.807) is 17.0 Å². The maximum absolute atomic E-state index is 13.1. The zero-order valence-electron chi connectivity index (χ0n) is 16.0. The summed E-state index contributed by atoms with van der Waals surface area (Å²) in [4.78, 5) is 27.7. The van der Waals surface area contributed by atoms with Gasteiger partial charge in [0.15, 0.2) is 5.11 Å². The number of nitrogens with zero attached hydrogens (tertiary/aromatic N) is 3. The zero-order chi connectivity index (χ0) is 22.1. The Labute approximate surface area is 197 Å². The lowest BCUT2D eigenvalue weighted by molar-refractivity contribution is -0.384. The molecule has 31 heavy (non-hydrogen) atoms. The summed E-state index contributed by atoms with van der Waals surface area (Å²) in [5.41, 5.74) is 0.705. The highest BCUT2D eigenvalue weighted by atomic mass is 35.5. The first-order chi connectivity index (χ1) is 14.8. The van der Waals surface area contributed by atoms with Crippen LogP contribution in [0.1, 0.15) is 9.67 Å². The van der Waals surface area contributed by atoms with Gasteiger partial charge in [0.2, 0.25) is 0 Å². The molecule has 0 atom stereocenters. The van der Waals surface area contributed by atoms with Crippen molar-refractivity contribution in [3.8, 4) is 0 Å². The molecule has 7 nitrogen and oxygen atoms in total. The van der Waals surface area contributed by atoms with E-state index in [0.29, 0.717) is 56.3 Å². The van der Waals surface area contributed by atoms with E-state index in [9.17, 15) is 14.9 Å². The summed E-state index contributed by atoms with van der Waals surface area (Å²) in [5, 5.41) is 16.3. The number of non-ortho nitro benzene ring substituents is 1. The summed E-state index contributed by atoms with van der Waals surface area (Å²) < 4.78 is 0.617. The maximum Gasteiger partial charge on any atom is 0.270 e. The summed E-state index contributed by atoms with van der Waals surface area (Å²) in [5.74, 6) is -0.182. The maximum atomic E-state index is 13.1. The van der Waals surface area contributed by atoms with Gasteiger partial charge in [0, 0.05) is 48.4 Å². The lowest BCUT2D eigenvalue weighted by Gasteiger charge is -2.36. The van der Waals surface area contributed by atoms with Crippen molar-refractivity contribution in [2.24, 2.45) is 0 Å². The van der Waals surface area contributed by atoms with Gasteiger partial charge in [-0.3, -0.25) is 14.9 Å². The van der Waals surface area contributed by atoms with Crippen molar-refractivity contribution < 1.29 is 9.72 Å². The molecule has 2 aromatic carbocycles. The lowest BCUT2D eigenvalue weighted by Crippen LogP contribution is -2.51. The second-order valence-electron chi connectivity index (χ2n) is 6.87. The summed E-state index contributed by atoms with van der Waals surface area (Å²) >= 11 is 19.3. The van der Waals surface area contributed by atoms with E-state index in [1.165, 1.54) is 23.5 Å². The molecule has 160 valence electrons. The van der Waals surface area contributed by atoms with Gasteiger partial charge in [-0.25, -0.2) is 0 Å². The predicted molar refractivity (Wildman–Crippen MR) is 129 cm³/mol. The van der Waals surface area contributed by atoms with E-state index < -0.39 is 4.92 Å². The number of piperazine rings is 1. The van der Waals surface area contributed by atoms with Crippen LogP contribution in [-0.2, 0) is 0 Å². The standard InChI is InChI=1S/C20H16Cl2N4O3S2/c21-14-3-1-2-4-15(14)23-20(30)25-9-7-24(8-10-25)19(27)18-17(22)13-6-5-12(26(28)29)11-16(13)31-18/h1-6,11H,7-10H2,(H,23,30). The van der Waals surface area contributed by atoms with Crippen LogP contribution in [0.2, 0.25) is 10.0 Å². The molecule has 1 aliphatic rings. The van der Waals surface area contributed by atoms with Crippen LogP contribution in [0.15, 0.2) is 42.5 Å². The van der Waals surface area contributed by atoms with Crippen LogP contribution in [0.25, 0.3) is 10.1 Å². The Morgan fingerprint density at radius 3 is 2.45 bits per heavy atom. The molecule has 0 bridgehead atoms. The van der Waals surface area contributed by atoms with Crippen LogP contribution in [0.3, 0.4) is 0 Å². The number of fused-ring (bicyclic) bond motifs is 1. The number of nitrogens with one attached hydrogen (secondary N) is 1. The average molecular weight is 495 g/mol. The van der Waals surface area contributed by atoms with E-state index in [4.69, 9.17) is 35.4 Å². The van der Waals surface area contributed by atoms with Gasteiger partial charge in [-0.2, -0.15) is 0 Å². The van der Waals surface area contributed by atoms with Gasteiger partial charge < -0.3 is 15.1 Å². The molecule has 0 aliphatic carbocycles. The number of hydrogen-bond acceptors (Lipinski definition) is 5. The quantitative estimate of drug-likeness (QED) is 0.303. The first kappa shape index (κ1) is 21.8. The molecule has 1 aliphatic heterocycles. The first-order valence-corrected chi connectivity index (χ1v) is 11.3. The molecule has 11 heteroatoms. The van der Waals surface area contributed by atoms with Crippen molar-refractivity contribution in [2.45, 2.75) is 0 Å². The Morgan fingerprint density at radius 2 is 1.77 bits per heavy atom.